The van der Waals surface area contributed by atoms with Crippen LogP contribution in [0.4, 0.5) is 0 Å². The van der Waals surface area contributed by atoms with Crippen LogP contribution in [0.15, 0.2) is 29.2 Å². The predicted octanol–water partition coefficient (Wildman–Crippen LogP) is 0.350. The zero-order chi connectivity index (χ0) is 15.3. The van der Waals surface area contributed by atoms with E-state index in [0.717, 1.165) is 26.1 Å². The van der Waals surface area contributed by atoms with Crippen LogP contribution in [0, 0.1) is 0 Å². The summed E-state index contributed by atoms with van der Waals surface area (Å²) in [4.78, 5) is 2.58. The van der Waals surface area contributed by atoms with Crippen LogP contribution in [0.3, 0.4) is 0 Å². The monoisotopic (exact) mass is 313 g/mol. The Labute approximate surface area is 126 Å². The lowest BCUT2D eigenvalue weighted by molar-refractivity contribution is 0.187. The number of sulfonamides is 1. The minimum absolute atomic E-state index is 0.318. The van der Waals surface area contributed by atoms with Crippen LogP contribution in [-0.4, -0.2) is 64.0 Å². The summed E-state index contributed by atoms with van der Waals surface area (Å²) in [5.74, 6) is 0.653. The number of benzene rings is 1. The minimum Gasteiger partial charge on any atom is -0.497 e. The van der Waals surface area contributed by atoms with Gasteiger partial charge < -0.3 is 15.4 Å². The molecule has 0 amide bonds. The smallest absolute Gasteiger partial charge is 0.243 e. The fraction of sp³-hybridized carbons (Fsp3) is 0.571. The zero-order valence-electron chi connectivity index (χ0n) is 12.4. The third-order valence-corrected chi connectivity index (χ3v) is 5.62. The van der Waals surface area contributed by atoms with Crippen molar-refractivity contribution in [2.45, 2.75) is 11.3 Å². The molecule has 1 saturated heterocycles. The molecule has 1 aliphatic rings. The van der Waals surface area contributed by atoms with Crippen LogP contribution >= 0.6 is 0 Å². The van der Waals surface area contributed by atoms with Crippen molar-refractivity contribution in [1.29, 1.82) is 0 Å². The van der Waals surface area contributed by atoms with Gasteiger partial charge >= 0.3 is 0 Å². The molecule has 6 nitrogen and oxygen atoms in total. The minimum atomic E-state index is -3.40. The molecule has 21 heavy (non-hydrogen) atoms. The lowest BCUT2D eigenvalue weighted by atomic mass is 10.3. The molecule has 1 fully saturated rings. The highest BCUT2D eigenvalue weighted by Crippen LogP contribution is 2.20. The molecule has 1 aliphatic heterocycles. The van der Waals surface area contributed by atoms with Crippen LogP contribution in [0.5, 0.6) is 5.75 Å². The number of hydrogen-bond donors (Lipinski definition) is 1. The van der Waals surface area contributed by atoms with Gasteiger partial charge in [0.2, 0.25) is 10.0 Å². The summed E-state index contributed by atoms with van der Waals surface area (Å²) in [6.07, 6.45) is 0.950. The van der Waals surface area contributed by atoms with E-state index in [1.54, 1.807) is 35.7 Å². The van der Waals surface area contributed by atoms with Gasteiger partial charge in [-0.25, -0.2) is 8.42 Å². The van der Waals surface area contributed by atoms with Crippen molar-refractivity contribution in [1.82, 2.24) is 9.21 Å². The molecule has 1 heterocycles. The van der Waals surface area contributed by atoms with Crippen LogP contribution in [0.25, 0.3) is 0 Å². The molecule has 0 spiro atoms. The number of nitrogens with zero attached hydrogens (tertiary/aromatic N) is 2. The second-order valence-corrected chi connectivity index (χ2v) is 7.00. The van der Waals surface area contributed by atoms with Crippen molar-refractivity contribution in [2.24, 2.45) is 5.73 Å². The zero-order valence-corrected chi connectivity index (χ0v) is 13.2. The summed E-state index contributed by atoms with van der Waals surface area (Å²) < 4.78 is 31.7. The van der Waals surface area contributed by atoms with Gasteiger partial charge in [0.1, 0.15) is 5.75 Å². The Hall–Kier alpha value is -1.15. The molecule has 0 saturated carbocycles. The molecular weight excluding hydrogens is 290 g/mol. The molecule has 118 valence electrons. The first-order chi connectivity index (χ1) is 10.1. The van der Waals surface area contributed by atoms with Crippen LogP contribution in [0.1, 0.15) is 6.42 Å². The van der Waals surface area contributed by atoms with Crippen molar-refractivity contribution in [3.05, 3.63) is 24.3 Å². The first kappa shape index (κ1) is 16.2. The van der Waals surface area contributed by atoms with Gasteiger partial charge in [0.25, 0.3) is 0 Å². The topological polar surface area (TPSA) is 75.9 Å². The quantitative estimate of drug-likeness (QED) is 0.820. The maximum atomic E-state index is 12.6. The molecule has 2 rings (SSSR count). The maximum absolute atomic E-state index is 12.6. The molecule has 1 aromatic rings. The Morgan fingerprint density at radius 2 is 1.76 bits per heavy atom. The van der Waals surface area contributed by atoms with E-state index in [9.17, 15) is 8.42 Å². The molecule has 0 aliphatic carbocycles. The normalized spacial score (nSPS) is 17.8. The molecular formula is C14H23N3O3S. The Morgan fingerprint density at radius 1 is 1.14 bits per heavy atom. The van der Waals surface area contributed by atoms with Gasteiger partial charge in [-0.2, -0.15) is 4.31 Å². The first-order valence-electron chi connectivity index (χ1n) is 7.14. The summed E-state index contributed by atoms with van der Waals surface area (Å²) in [6.45, 7) is 4.18. The van der Waals surface area contributed by atoms with E-state index in [0.29, 0.717) is 30.3 Å². The average Bonchev–Trinajstić information content (AvgIpc) is 2.53. The maximum Gasteiger partial charge on any atom is 0.243 e. The van der Waals surface area contributed by atoms with Gasteiger partial charge in [-0.3, -0.25) is 0 Å². The van der Waals surface area contributed by atoms with E-state index >= 15 is 0 Å². The Morgan fingerprint density at radius 3 is 2.29 bits per heavy atom. The lowest BCUT2D eigenvalue weighted by Crippen LogP contribution is -2.48. The van der Waals surface area contributed by atoms with Gasteiger partial charge in [-0.15, -0.1) is 0 Å². The fourth-order valence-corrected chi connectivity index (χ4v) is 3.83. The standard InChI is InChI=1S/C14H23N3O3S/c1-20-13-3-5-14(6-4-13)21(18,19)17-11-9-16(10-12-17)8-2-7-15/h3-6H,2,7-12,15H2,1H3. The van der Waals surface area contributed by atoms with Crippen molar-refractivity contribution >= 4 is 10.0 Å². The molecule has 0 radical (unpaired) electrons. The SMILES string of the molecule is COc1ccc(S(=O)(=O)N2CCN(CCCN)CC2)cc1. The van der Waals surface area contributed by atoms with Gasteiger partial charge in [0, 0.05) is 26.2 Å². The van der Waals surface area contributed by atoms with E-state index < -0.39 is 10.0 Å². The van der Waals surface area contributed by atoms with Crippen molar-refractivity contribution < 1.29 is 13.2 Å². The molecule has 0 bridgehead atoms. The number of nitrogens with two attached hydrogens (primary N) is 1. The summed E-state index contributed by atoms with van der Waals surface area (Å²) in [6, 6.07) is 6.53. The lowest BCUT2D eigenvalue weighted by Gasteiger charge is -2.33. The summed E-state index contributed by atoms with van der Waals surface area (Å²) in [5, 5.41) is 0. The van der Waals surface area contributed by atoms with E-state index in [-0.39, 0.29) is 0 Å². The predicted molar refractivity (Wildman–Crippen MR) is 81.9 cm³/mol. The highest BCUT2D eigenvalue weighted by Gasteiger charge is 2.28. The van der Waals surface area contributed by atoms with Crippen molar-refractivity contribution in [3.8, 4) is 5.75 Å². The summed E-state index contributed by atoms with van der Waals surface area (Å²) >= 11 is 0. The summed E-state index contributed by atoms with van der Waals surface area (Å²) in [5.41, 5.74) is 5.50. The van der Waals surface area contributed by atoms with Crippen LogP contribution in [0.2, 0.25) is 0 Å². The van der Waals surface area contributed by atoms with Gasteiger partial charge in [-0.1, -0.05) is 0 Å². The number of piperazine rings is 1. The molecule has 0 unspecified atom stereocenters. The van der Waals surface area contributed by atoms with Gasteiger partial charge in [0.05, 0.1) is 12.0 Å². The van der Waals surface area contributed by atoms with E-state index in [1.807, 2.05) is 0 Å². The van der Waals surface area contributed by atoms with Crippen LogP contribution < -0.4 is 10.5 Å². The molecule has 0 aromatic heterocycles. The third-order valence-electron chi connectivity index (χ3n) is 3.71. The summed E-state index contributed by atoms with van der Waals surface area (Å²) in [7, 11) is -1.84. The Bertz CT molecular complexity index is 537. The molecule has 1 aromatic carbocycles. The van der Waals surface area contributed by atoms with E-state index in [2.05, 4.69) is 4.90 Å². The van der Waals surface area contributed by atoms with Gasteiger partial charge in [0.15, 0.2) is 0 Å². The second kappa shape index (κ2) is 7.22. The van der Waals surface area contributed by atoms with Crippen LogP contribution in [-0.2, 0) is 10.0 Å². The van der Waals surface area contributed by atoms with Gasteiger partial charge in [-0.05, 0) is 43.8 Å². The molecule has 0 atom stereocenters. The van der Waals surface area contributed by atoms with E-state index in [4.69, 9.17) is 10.5 Å². The number of ether oxygens (including phenoxy) is 1. The Kier molecular flexibility index (Phi) is 5.58. The number of methoxy groups -OCH3 is 1. The average molecular weight is 313 g/mol. The number of rotatable bonds is 6. The van der Waals surface area contributed by atoms with Crippen molar-refractivity contribution in [3.63, 3.8) is 0 Å². The largest absolute Gasteiger partial charge is 0.497 e. The highest BCUT2D eigenvalue weighted by atomic mass is 32.2. The third kappa shape index (κ3) is 3.94. The van der Waals surface area contributed by atoms with Crippen molar-refractivity contribution in [2.75, 3.05) is 46.4 Å². The highest BCUT2D eigenvalue weighted by molar-refractivity contribution is 7.89. The Balaban J connectivity index is 2.00. The number of hydrogen-bond acceptors (Lipinski definition) is 5. The molecule has 2 N–H and O–H groups in total. The molecule has 7 heteroatoms. The van der Waals surface area contributed by atoms with E-state index in [1.165, 1.54) is 0 Å². The first-order valence-corrected chi connectivity index (χ1v) is 8.58. The fourth-order valence-electron chi connectivity index (χ4n) is 2.41. The second-order valence-electron chi connectivity index (χ2n) is 5.06.